The number of nitrogens with zero attached hydrogens (tertiary/aromatic N) is 1. The van der Waals surface area contributed by atoms with E-state index < -0.39 is 5.91 Å². The van der Waals surface area contributed by atoms with Gasteiger partial charge in [0.1, 0.15) is 5.69 Å². The quantitative estimate of drug-likeness (QED) is 0.612. The van der Waals surface area contributed by atoms with Gasteiger partial charge < -0.3 is 4.57 Å². The molecule has 0 aliphatic rings. The number of halogens is 2. The van der Waals surface area contributed by atoms with Crippen LogP contribution in [0.15, 0.2) is 15.1 Å². The fraction of sp³-hybridized carbons (Fsp3) is 0.167. The zero-order valence-corrected chi connectivity index (χ0v) is 9.31. The van der Waals surface area contributed by atoms with Crippen LogP contribution in [0, 0.1) is 0 Å². The van der Waals surface area contributed by atoms with Crippen LogP contribution in [0.2, 0.25) is 0 Å². The topological polar surface area (TPSA) is 54.3 Å². The molecule has 1 aromatic rings. The van der Waals surface area contributed by atoms with Crippen molar-refractivity contribution in [3.05, 3.63) is 20.8 Å². The summed E-state index contributed by atoms with van der Waals surface area (Å²) in [5.41, 5.74) is 1.93. The van der Waals surface area contributed by atoms with E-state index in [1.54, 1.807) is 23.2 Å². The molecule has 0 atom stereocenters. The van der Waals surface area contributed by atoms with Gasteiger partial charge in [-0.25, -0.2) is 5.48 Å². The van der Waals surface area contributed by atoms with Crippen molar-refractivity contribution >= 4 is 37.8 Å². The van der Waals surface area contributed by atoms with E-state index >= 15 is 0 Å². The smallest absolute Gasteiger partial charge is 0.291 e. The standard InChI is InChI=1S/C6H6Br2N2O2/c1-10-4(6(11)9-12)2-3(7)5(10)8/h2,12H,1H3,(H,9,11). The van der Waals surface area contributed by atoms with Crippen LogP contribution in [0.1, 0.15) is 10.5 Å². The molecular weight excluding hydrogens is 292 g/mol. The predicted molar refractivity (Wildman–Crippen MR) is 50.1 cm³/mol. The molecule has 66 valence electrons. The normalized spacial score (nSPS) is 10.0. The molecule has 2 N–H and O–H groups in total. The van der Waals surface area contributed by atoms with Crippen LogP contribution in [0.5, 0.6) is 0 Å². The lowest BCUT2D eigenvalue weighted by atomic mass is 10.4. The fourth-order valence-corrected chi connectivity index (χ4v) is 1.61. The van der Waals surface area contributed by atoms with Crippen molar-refractivity contribution in [1.82, 2.24) is 10.0 Å². The highest BCUT2D eigenvalue weighted by Gasteiger charge is 2.13. The Bertz CT molecular complexity index is 322. The number of aromatic nitrogens is 1. The summed E-state index contributed by atoms with van der Waals surface area (Å²) in [5.74, 6) is -0.538. The molecule has 12 heavy (non-hydrogen) atoms. The maximum absolute atomic E-state index is 11.0. The van der Waals surface area contributed by atoms with Gasteiger partial charge in [0.25, 0.3) is 5.91 Å². The first-order valence-corrected chi connectivity index (χ1v) is 4.61. The van der Waals surface area contributed by atoms with Crippen LogP contribution in [-0.4, -0.2) is 15.7 Å². The van der Waals surface area contributed by atoms with Crippen LogP contribution < -0.4 is 5.48 Å². The van der Waals surface area contributed by atoms with Gasteiger partial charge in [-0.3, -0.25) is 10.0 Å². The first-order valence-electron chi connectivity index (χ1n) is 3.03. The van der Waals surface area contributed by atoms with Crippen LogP contribution in [0.25, 0.3) is 0 Å². The lowest BCUT2D eigenvalue weighted by Gasteiger charge is -2.00. The SMILES string of the molecule is Cn1c(C(=O)NO)cc(Br)c1Br. The van der Waals surface area contributed by atoms with Gasteiger partial charge >= 0.3 is 0 Å². The minimum Gasteiger partial charge on any atom is -0.333 e. The molecule has 0 aromatic carbocycles. The van der Waals surface area contributed by atoms with E-state index in [0.717, 1.165) is 9.08 Å². The molecule has 0 aliphatic heterocycles. The Morgan fingerprint density at radius 1 is 1.67 bits per heavy atom. The molecule has 0 bridgehead atoms. The van der Waals surface area contributed by atoms with E-state index in [1.807, 2.05) is 0 Å². The Morgan fingerprint density at radius 2 is 2.25 bits per heavy atom. The van der Waals surface area contributed by atoms with Crippen molar-refractivity contribution in [2.75, 3.05) is 0 Å². The molecule has 0 unspecified atom stereocenters. The van der Waals surface area contributed by atoms with Crippen LogP contribution in [-0.2, 0) is 7.05 Å². The maximum atomic E-state index is 11.0. The average molecular weight is 298 g/mol. The van der Waals surface area contributed by atoms with E-state index in [4.69, 9.17) is 5.21 Å². The minimum absolute atomic E-state index is 0.372. The molecule has 0 spiro atoms. The minimum atomic E-state index is -0.538. The van der Waals surface area contributed by atoms with E-state index in [9.17, 15) is 4.79 Å². The first-order chi connectivity index (χ1) is 5.57. The summed E-state index contributed by atoms with van der Waals surface area (Å²) in [4.78, 5) is 11.0. The highest BCUT2D eigenvalue weighted by Crippen LogP contribution is 2.25. The van der Waals surface area contributed by atoms with Crippen molar-refractivity contribution in [2.45, 2.75) is 0 Å². The molecular formula is C6H6Br2N2O2. The van der Waals surface area contributed by atoms with Crippen LogP contribution in [0.3, 0.4) is 0 Å². The summed E-state index contributed by atoms with van der Waals surface area (Å²) in [6.45, 7) is 0. The van der Waals surface area contributed by atoms with Crippen LogP contribution >= 0.6 is 31.9 Å². The van der Waals surface area contributed by atoms with E-state index in [-0.39, 0.29) is 0 Å². The second-order valence-corrected chi connectivity index (χ2v) is 3.77. The summed E-state index contributed by atoms with van der Waals surface area (Å²) >= 11 is 6.49. The highest BCUT2D eigenvalue weighted by atomic mass is 79.9. The van der Waals surface area contributed by atoms with Gasteiger partial charge in [0.15, 0.2) is 0 Å². The van der Waals surface area contributed by atoms with Gasteiger partial charge in [-0.15, -0.1) is 0 Å². The molecule has 4 nitrogen and oxygen atoms in total. The predicted octanol–water partition coefficient (Wildman–Crippen LogP) is 1.67. The number of hydroxylamine groups is 1. The van der Waals surface area contributed by atoms with Crippen molar-refractivity contribution in [3.8, 4) is 0 Å². The lowest BCUT2D eigenvalue weighted by Crippen LogP contribution is -2.21. The van der Waals surface area contributed by atoms with Gasteiger partial charge in [-0.05, 0) is 37.9 Å². The van der Waals surface area contributed by atoms with Crippen LogP contribution in [0.4, 0.5) is 0 Å². The molecule has 0 aliphatic carbocycles. The Labute approximate surface area is 85.8 Å². The lowest BCUT2D eigenvalue weighted by molar-refractivity contribution is 0.0697. The number of carbonyl (C=O) groups is 1. The number of nitrogens with one attached hydrogen (secondary N) is 1. The summed E-state index contributed by atoms with van der Waals surface area (Å²) in [7, 11) is 1.71. The third-order valence-electron chi connectivity index (χ3n) is 1.45. The molecule has 1 amide bonds. The number of rotatable bonds is 1. The summed E-state index contributed by atoms with van der Waals surface area (Å²) < 4.78 is 3.13. The Balaban J connectivity index is 3.17. The van der Waals surface area contributed by atoms with Gasteiger partial charge in [-0.2, -0.15) is 0 Å². The van der Waals surface area contributed by atoms with Gasteiger partial charge in [0.05, 0.1) is 9.08 Å². The third-order valence-corrected chi connectivity index (χ3v) is 3.55. The number of amides is 1. The zero-order chi connectivity index (χ0) is 9.30. The van der Waals surface area contributed by atoms with Gasteiger partial charge in [0.2, 0.25) is 0 Å². The Kier molecular flexibility index (Phi) is 2.92. The monoisotopic (exact) mass is 296 g/mol. The van der Waals surface area contributed by atoms with E-state index in [2.05, 4.69) is 31.9 Å². The second-order valence-electron chi connectivity index (χ2n) is 2.17. The van der Waals surface area contributed by atoms with Gasteiger partial charge in [0, 0.05) is 7.05 Å². The third kappa shape index (κ3) is 1.55. The summed E-state index contributed by atoms with van der Waals surface area (Å²) in [6.07, 6.45) is 0. The Hall–Kier alpha value is -0.330. The maximum Gasteiger partial charge on any atom is 0.291 e. The molecule has 1 aromatic heterocycles. The summed E-state index contributed by atoms with van der Waals surface area (Å²) in [6, 6.07) is 1.61. The fourth-order valence-electron chi connectivity index (χ4n) is 0.818. The molecule has 0 radical (unpaired) electrons. The molecule has 1 rings (SSSR count). The van der Waals surface area contributed by atoms with Crippen molar-refractivity contribution in [3.63, 3.8) is 0 Å². The van der Waals surface area contributed by atoms with E-state index in [1.165, 1.54) is 0 Å². The van der Waals surface area contributed by atoms with Crippen molar-refractivity contribution < 1.29 is 10.0 Å². The first kappa shape index (κ1) is 9.76. The zero-order valence-electron chi connectivity index (χ0n) is 6.14. The molecule has 6 heteroatoms. The summed E-state index contributed by atoms with van der Waals surface area (Å²) in [5, 5.41) is 8.37. The second kappa shape index (κ2) is 3.59. The molecule has 0 saturated heterocycles. The molecule has 0 saturated carbocycles. The largest absolute Gasteiger partial charge is 0.333 e. The Morgan fingerprint density at radius 3 is 2.58 bits per heavy atom. The van der Waals surface area contributed by atoms with Crippen molar-refractivity contribution in [1.29, 1.82) is 0 Å². The van der Waals surface area contributed by atoms with Crippen molar-refractivity contribution in [2.24, 2.45) is 7.05 Å². The average Bonchev–Trinajstić information content (AvgIpc) is 2.32. The molecule has 1 heterocycles. The van der Waals surface area contributed by atoms with Gasteiger partial charge in [-0.1, -0.05) is 0 Å². The number of hydrogen-bond acceptors (Lipinski definition) is 2. The highest BCUT2D eigenvalue weighted by molar-refractivity contribution is 9.13. The number of carbonyl (C=O) groups excluding carboxylic acids is 1. The number of hydrogen-bond donors (Lipinski definition) is 2. The van der Waals surface area contributed by atoms with E-state index in [0.29, 0.717) is 5.69 Å². The molecule has 0 fully saturated rings.